The Morgan fingerprint density at radius 1 is 1.10 bits per heavy atom. The maximum Gasteiger partial charge on any atom is 0.175 e. The SMILES string of the molecule is COc1cccc(NC(=S)Nc2ccc(Br)c(C)c2)c1. The lowest BCUT2D eigenvalue weighted by molar-refractivity contribution is 0.415. The third kappa shape index (κ3) is 3.95. The van der Waals surface area contributed by atoms with E-state index >= 15 is 0 Å². The molecular formula is C15H15BrN2OS. The summed E-state index contributed by atoms with van der Waals surface area (Å²) in [5.41, 5.74) is 2.99. The molecule has 0 amide bonds. The molecule has 5 heteroatoms. The van der Waals surface area contributed by atoms with Gasteiger partial charge in [-0.15, -0.1) is 0 Å². The minimum Gasteiger partial charge on any atom is -0.497 e. The number of benzene rings is 2. The van der Waals surface area contributed by atoms with E-state index in [0.717, 1.165) is 27.2 Å². The van der Waals surface area contributed by atoms with Gasteiger partial charge in [0.15, 0.2) is 5.11 Å². The molecule has 0 unspecified atom stereocenters. The molecule has 0 aromatic heterocycles. The van der Waals surface area contributed by atoms with Crippen molar-refractivity contribution < 1.29 is 4.74 Å². The molecule has 0 bridgehead atoms. The minimum absolute atomic E-state index is 0.542. The first-order valence-corrected chi connectivity index (χ1v) is 7.27. The van der Waals surface area contributed by atoms with Crippen LogP contribution in [-0.2, 0) is 0 Å². The van der Waals surface area contributed by atoms with Crippen LogP contribution in [0.15, 0.2) is 46.9 Å². The highest BCUT2D eigenvalue weighted by atomic mass is 79.9. The van der Waals surface area contributed by atoms with Crippen LogP contribution in [0.3, 0.4) is 0 Å². The number of rotatable bonds is 3. The van der Waals surface area contributed by atoms with E-state index in [0.29, 0.717) is 5.11 Å². The van der Waals surface area contributed by atoms with E-state index in [2.05, 4.69) is 26.6 Å². The topological polar surface area (TPSA) is 33.3 Å². The molecular weight excluding hydrogens is 336 g/mol. The number of nitrogens with one attached hydrogen (secondary N) is 2. The first kappa shape index (κ1) is 14.8. The van der Waals surface area contributed by atoms with Gasteiger partial charge < -0.3 is 15.4 Å². The van der Waals surface area contributed by atoms with Gasteiger partial charge in [-0.3, -0.25) is 0 Å². The van der Waals surface area contributed by atoms with Gasteiger partial charge in [-0.2, -0.15) is 0 Å². The Bertz CT molecular complexity index is 631. The van der Waals surface area contributed by atoms with Crippen LogP contribution in [0.25, 0.3) is 0 Å². The van der Waals surface area contributed by atoms with E-state index in [1.54, 1.807) is 7.11 Å². The Morgan fingerprint density at radius 3 is 2.45 bits per heavy atom. The van der Waals surface area contributed by atoms with Crippen molar-refractivity contribution >= 4 is 44.6 Å². The summed E-state index contributed by atoms with van der Waals surface area (Å²) in [4.78, 5) is 0. The molecule has 0 aliphatic carbocycles. The molecule has 0 saturated carbocycles. The standard InChI is InChI=1S/C15H15BrN2OS/c1-10-8-12(6-7-14(10)16)18-15(20)17-11-4-3-5-13(9-11)19-2/h3-9H,1-2H3,(H2,17,18,20). The number of methoxy groups -OCH3 is 1. The zero-order valence-electron chi connectivity index (χ0n) is 11.2. The van der Waals surface area contributed by atoms with Gasteiger partial charge in [-0.1, -0.05) is 22.0 Å². The summed E-state index contributed by atoms with van der Waals surface area (Å²) in [6, 6.07) is 13.6. The molecule has 2 aromatic carbocycles. The number of hydrogen-bond acceptors (Lipinski definition) is 2. The molecule has 2 rings (SSSR count). The minimum atomic E-state index is 0.542. The second-order valence-electron chi connectivity index (χ2n) is 4.28. The van der Waals surface area contributed by atoms with Crippen LogP contribution in [0, 0.1) is 6.92 Å². The molecule has 0 aliphatic rings. The maximum atomic E-state index is 5.30. The summed E-state index contributed by atoms with van der Waals surface area (Å²) in [6.45, 7) is 2.04. The van der Waals surface area contributed by atoms with Crippen molar-refractivity contribution in [3.05, 3.63) is 52.5 Å². The molecule has 104 valence electrons. The van der Waals surface area contributed by atoms with Gasteiger partial charge in [0.05, 0.1) is 7.11 Å². The van der Waals surface area contributed by atoms with Crippen molar-refractivity contribution in [2.24, 2.45) is 0 Å². The molecule has 0 saturated heterocycles. The Morgan fingerprint density at radius 2 is 1.80 bits per heavy atom. The predicted octanol–water partition coefficient (Wildman–Crippen LogP) is 4.58. The van der Waals surface area contributed by atoms with Gasteiger partial charge in [0, 0.05) is 21.9 Å². The number of hydrogen-bond donors (Lipinski definition) is 2. The quantitative estimate of drug-likeness (QED) is 0.794. The van der Waals surface area contributed by atoms with Gasteiger partial charge in [0.1, 0.15) is 5.75 Å². The van der Waals surface area contributed by atoms with Crippen molar-refractivity contribution in [1.82, 2.24) is 0 Å². The molecule has 0 atom stereocenters. The lowest BCUT2D eigenvalue weighted by Gasteiger charge is -2.12. The molecule has 0 spiro atoms. The highest BCUT2D eigenvalue weighted by Crippen LogP contribution is 2.21. The van der Waals surface area contributed by atoms with E-state index in [1.807, 2.05) is 49.4 Å². The van der Waals surface area contributed by atoms with Crippen molar-refractivity contribution in [3.8, 4) is 5.75 Å². The van der Waals surface area contributed by atoms with Crippen LogP contribution in [-0.4, -0.2) is 12.2 Å². The van der Waals surface area contributed by atoms with Crippen LogP contribution >= 0.6 is 28.1 Å². The van der Waals surface area contributed by atoms with Crippen LogP contribution < -0.4 is 15.4 Å². The fraction of sp³-hybridized carbons (Fsp3) is 0.133. The fourth-order valence-electron chi connectivity index (χ4n) is 1.72. The number of thiocarbonyl (C=S) groups is 1. The lowest BCUT2D eigenvalue weighted by Crippen LogP contribution is -2.19. The Kier molecular flexibility index (Phi) is 4.98. The van der Waals surface area contributed by atoms with Gasteiger partial charge in [-0.05, 0) is 55.0 Å². The summed E-state index contributed by atoms with van der Waals surface area (Å²) >= 11 is 8.77. The van der Waals surface area contributed by atoms with Crippen molar-refractivity contribution in [2.45, 2.75) is 6.92 Å². The lowest BCUT2D eigenvalue weighted by atomic mass is 10.2. The van der Waals surface area contributed by atoms with E-state index < -0.39 is 0 Å². The highest BCUT2D eigenvalue weighted by molar-refractivity contribution is 9.10. The van der Waals surface area contributed by atoms with Crippen molar-refractivity contribution in [1.29, 1.82) is 0 Å². The molecule has 3 nitrogen and oxygen atoms in total. The summed E-state index contributed by atoms with van der Waals surface area (Å²) < 4.78 is 6.25. The second-order valence-corrected chi connectivity index (χ2v) is 5.54. The summed E-state index contributed by atoms with van der Waals surface area (Å²) in [6.07, 6.45) is 0. The Hall–Kier alpha value is -1.59. The molecule has 2 N–H and O–H groups in total. The van der Waals surface area contributed by atoms with Crippen LogP contribution in [0.2, 0.25) is 0 Å². The molecule has 0 fully saturated rings. The van der Waals surface area contributed by atoms with Crippen LogP contribution in [0.5, 0.6) is 5.75 Å². The van der Waals surface area contributed by atoms with Gasteiger partial charge in [-0.25, -0.2) is 0 Å². The zero-order chi connectivity index (χ0) is 14.5. The number of ether oxygens (including phenoxy) is 1. The van der Waals surface area contributed by atoms with Crippen LogP contribution in [0.4, 0.5) is 11.4 Å². The smallest absolute Gasteiger partial charge is 0.175 e. The summed E-state index contributed by atoms with van der Waals surface area (Å²) in [5.74, 6) is 0.789. The van der Waals surface area contributed by atoms with E-state index in [9.17, 15) is 0 Å². The summed E-state index contributed by atoms with van der Waals surface area (Å²) in [7, 11) is 1.64. The van der Waals surface area contributed by atoms with E-state index in [1.165, 1.54) is 0 Å². The monoisotopic (exact) mass is 350 g/mol. The first-order chi connectivity index (χ1) is 9.58. The Labute approximate surface area is 132 Å². The van der Waals surface area contributed by atoms with E-state index in [-0.39, 0.29) is 0 Å². The summed E-state index contributed by atoms with van der Waals surface area (Å²) in [5, 5.41) is 6.82. The third-order valence-corrected chi connectivity index (χ3v) is 3.84. The number of anilines is 2. The second kappa shape index (κ2) is 6.72. The molecule has 20 heavy (non-hydrogen) atoms. The molecule has 2 aromatic rings. The number of aryl methyl sites for hydroxylation is 1. The van der Waals surface area contributed by atoms with Crippen molar-refractivity contribution in [3.63, 3.8) is 0 Å². The Balaban J connectivity index is 2.03. The predicted molar refractivity (Wildman–Crippen MR) is 91.7 cm³/mol. The van der Waals surface area contributed by atoms with Gasteiger partial charge in [0.25, 0.3) is 0 Å². The molecule has 0 radical (unpaired) electrons. The van der Waals surface area contributed by atoms with Gasteiger partial charge >= 0.3 is 0 Å². The normalized spacial score (nSPS) is 9.95. The molecule has 0 aliphatic heterocycles. The molecule has 0 heterocycles. The van der Waals surface area contributed by atoms with Gasteiger partial charge in [0.2, 0.25) is 0 Å². The fourth-order valence-corrected chi connectivity index (χ4v) is 2.20. The van der Waals surface area contributed by atoms with Crippen molar-refractivity contribution in [2.75, 3.05) is 17.7 Å². The third-order valence-electron chi connectivity index (χ3n) is 2.74. The number of halogens is 1. The highest BCUT2D eigenvalue weighted by Gasteiger charge is 2.02. The zero-order valence-corrected chi connectivity index (χ0v) is 13.6. The average molecular weight is 351 g/mol. The van der Waals surface area contributed by atoms with E-state index in [4.69, 9.17) is 17.0 Å². The largest absolute Gasteiger partial charge is 0.497 e. The average Bonchev–Trinajstić information content (AvgIpc) is 2.43. The van der Waals surface area contributed by atoms with Crippen LogP contribution in [0.1, 0.15) is 5.56 Å². The first-order valence-electron chi connectivity index (χ1n) is 6.06. The maximum absolute atomic E-state index is 5.30.